The molecule has 1 aliphatic rings. The number of rotatable bonds is 3. The van der Waals surface area contributed by atoms with Gasteiger partial charge in [0.05, 0.1) is 10.6 Å². The van der Waals surface area contributed by atoms with E-state index in [4.69, 9.17) is 10.5 Å². The zero-order valence-corrected chi connectivity index (χ0v) is 13.6. The number of hydrogen-bond donors (Lipinski definition) is 1. The van der Waals surface area contributed by atoms with E-state index >= 15 is 0 Å². The van der Waals surface area contributed by atoms with Crippen LogP contribution in [0.1, 0.15) is 51.6 Å². The van der Waals surface area contributed by atoms with Crippen molar-refractivity contribution < 1.29 is 4.74 Å². The SMILES string of the molecule is CC1CCC(Oc2ccc([C@H](C)N)cc2Br)CC1C. The second-order valence-electron chi connectivity index (χ2n) is 5.99. The van der Waals surface area contributed by atoms with Crippen LogP contribution in [0.5, 0.6) is 5.75 Å². The summed E-state index contributed by atoms with van der Waals surface area (Å²) in [6.07, 6.45) is 3.93. The fourth-order valence-electron chi connectivity index (χ4n) is 2.68. The summed E-state index contributed by atoms with van der Waals surface area (Å²) in [5, 5.41) is 0. The van der Waals surface area contributed by atoms with E-state index in [1.54, 1.807) is 0 Å². The van der Waals surface area contributed by atoms with Crippen molar-refractivity contribution in [3.8, 4) is 5.75 Å². The van der Waals surface area contributed by atoms with Gasteiger partial charge in [-0.3, -0.25) is 0 Å². The van der Waals surface area contributed by atoms with Crippen molar-refractivity contribution >= 4 is 15.9 Å². The predicted octanol–water partition coefficient (Wildman–Crippen LogP) is 4.67. The first-order chi connectivity index (χ1) is 8.97. The minimum absolute atomic E-state index is 0.0564. The Kier molecular flexibility index (Phi) is 4.91. The Morgan fingerprint density at radius 2 is 2.00 bits per heavy atom. The van der Waals surface area contributed by atoms with Crippen molar-refractivity contribution in [3.05, 3.63) is 28.2 Å². The van der Waals surface area contributed by atoms with E-state index < -0.39 is 0 Å². The van der Waals surface area contributed by atoms with Gasteiger partial charge in [0.25, 0.3) is 0 Å². The summed E-state index contributed by atoms with van der Waals surface area (Å²) < 4.78 is 7.16. The Labute approximate surface area is 124 Å². The van der Waals surface area contributed by atoms with Crippen LogP contribution in [-0.2, 0) is 0 Å². The number of hydrogen-bond acceptors (Lipinski definition) is 2. The number of ether oxygens (including phenoxy) is 1. The molecule has 0 bridgehead atoms. The van der Waals surface area contributed by atoms with E-state index in [1.807, 2.05) is 13.0 Å². The number of benzene rings is 1. The molecular formula is C16H24BrNO. The molecule has 2 N–H and O–H groups in total. The molecule has 19 heavy (non-hydrogen) atoms. The highest BCUT2D eigenvalue weighted by Crippen LogP contribution is 2.34. The van der Waals surface area contributed by atoms with Gasteiger partial charge in [0.1, 0.15) is 5.75 Å². The summed E-state index contributed by atoms with van der Waals surface area (Å²) in [7, 11) is 0. The van der Waals surface area contributed by atoms with Crippen molar-refractivity contribution in [1.82, 2.24) is 0 Å². The van der Waals surface area contributed by atoms with Crippen LogP contribution in [0.3, 0.4) is 0 Å². The van der Waals surface area contributed by atoms with Gasteiger partial charge in [-0.2, -0.15) is 0 Å². The summed E-state index contributed by atoms with van der Waals surface area (Å²) in [6, 6.07) is 6.21. The maximum Gasteiger partial charge on any atom is 0.133 e. The fraction of sp³-hybridized carbons (Fsp3) is 0.625. The molecule has 1 fully saturated rings. The average Bonchev–Trinajstić information content (AvgIpc) is 2.36. The number of halogens is 1. The first-order valence-corrected chi connectivity index (χ1v) is 7.98. The van der Waals surface area contributed by atoms with Gasteiger partial charge in [-0.15, -0.1) is 0 Å². The standard InChI is InChI=1S/C16H24BrNO/c1-10-4-6-14(8-11(10)2)19-16-7-5-13(12(3)18)9-15(16)17/h5,7,9-12,14H,4,6,8,18H2,1-3H3/t10?,11?,12-,14?/m0/s1. The molecule has 0 amide bonds. The molecule has 2 rings (SSSR count). The van der Waals surface area contributed by atoms with Crippen LogP contribution in [0.25, 0.3) is 0 Å². The van der Waals surface area contributed by atoms with Crippen molar-refractivity contribution in [3.63, 3.8) is 0 Å². The van der Waals surface area contributed by atoms with E-state index in [2.05, 4.69) is 41.9 Å². The monoisotopic (exact) mass is 325 g/mol. The third kappa shape index (κ3) is 3.73. The van der Waals surface area contributed by atoms with E-state index in [1.165, 1.54) is 6.42 Å². The molecule has 0 spiro atoms. The second kappa shape index (κ2) is 6.27. The lowest BCUT2D eigenvalue weighted by molar-refractivity contribution is 0.0999. The Morgan fingerprint density at radius 3 is 2.58 bits per heavy atom. The largest absolute Gasteiger partial charge is 0.489 e. The molecule has 0 heterocycles. The summed E-state index contributed by atoms with van der Waals surface area (Å²) in [6.45, 7) is 6.66. The molecule has 1 aromatic rings. The molecular weight excluding hydrogens is 302 g/mol. The minimum Gasteiger partial charge on any atom is -0.489 e. The minimum atomic E-state index is 0.0564. The zero-order chi connectivity index (χ0) is 14.0. The summed E-state index contributed by atoms with van der Waals surface area (Å²) in [4.78, 5) is 0. The molecule has 3 heteroatoms. The molecule has 2 nitrogen and oxygen atoms in total. The van der Waals surface area contributed by atoms with Crippen molar-refractivity contribution in [1.29, 1.82) is 0 Å². The lowest BCUT2D eigenvalue weighted by atomic mass is 9.80. The maximum atomic E-state index is 6.15. The molecule has 0 aliphatic heterocycles. The molecule has 0 saturated heterocycles. The van der Waals surface area contributed by atoms with Crippen molar-refractivity contribution in [2.24, 2.45) is 17.6 Å². The fourth-order valence-corrected chi connectivity index (χ4v) is 3.17. The van der Waals surface area contributed by atoms with Gasteiger partial charge in [0.2, 0.25) is 0 Å². The first kappa shape index (κ1) is 14.9. The van der Waals surface area contributed by atoms with Gasteiger partial charge in [-0.1, -0.05) is 19.9 Å². The quantitative estimate of drug-likeness (QED) is 0.876. The van der Waals surface area contributed by atoms with E-state index in [9.17, 15) is 0 Å². The van der Waals surface area contributed by atoms with Crippen LogP contribution in [0, 0.1) is 11.8 Å². The summed E-state index contributed by atoms with van der Waals surface area (Å²) in [5.74, 6) is 2.51. The molecule has 1 aliphatic carbocycles. The third-order valence-corrected chi connectivity index (χ3v) is 4.95. The van der Waals surface area contributed by atoms with Gasteiger partial charge in [0, 0.05) is 6.04 Å². The van der Waals surface area contributed by atoms with E-state index in [-0.39, 0.29) is 6.04 Å². The Bertz CT molecular complexity index is 433. The summed E-state index contributed by atoms with van der Waals surface area (Å²) >= 11 is 3.59. The van der Waals surface area contributed by atoms with E-state index in [0.29, 0.717) is 6.10 Å². The topological polar surface area (TPSA) is 35.2 Å². The zero-order valence-electron chi connectivity index (χ0n) is 12.0. The molecule has 0 radical (unpaired) electrons. The lowest BCUT2D eigenvalue weighted by Crippen LogP contribution is -2.28. The van der Waals surface area contributed by atoms with Crippen LogP contribution < -0.4 is 10.5 Å². The first-order valence-electron chi connectivity index (χ1n) is 7.19. The average molecular weight is 326 g/mol. The lowest BCUT2D eigenvalue weighted by Gasteiger charge is -2.32. The van der Waals surface area contributed by atoms with Crippen LogP contribution >= 0.6 is 15.9 Å². The summed E-state index contributed by atoms with van der Waals surface area (Å²) in [5.41, 5.74) is 7.02. The Hall–Kier alpha value is -0.540. The van der Waals surface area contributed by atoms with Crippen molar-refractivity contribution in [2.75, 3.05) is 0 Å². The van der Waals surface area contributed by atoms with Gasteiger partial charge in [-0.05, 0) is 71.6 Å². The Balaban J connectivity index is 2.03. The third-order valence-electron chi connectivity index (χ3n) is 4.33. The van der Waals surface area contributed by atoms with Crippen LogP contribution in [0.4, 0.5) is 0 Å². The predicted molar refractivity (Wildman–Crippen MR) is 83.3 cm³/mol. The Morgan fingerprint density at radius 1 is 1.26 bits per heavy atom. The second-order valence-corrected chi connectivity index (χ2v) is 6.84. The number of nitrogens with two attached hydrogens (primary N) is 1. The molecule has 4 atom stereocenters. The smallest absolute Gasteiger partial charge is 0.133 e. The molecule has 0 aromatic heterocycles. The molecule has 106 valence electrons. The highest BCUT2D eigenvalue weighted by atomic mass is 79.9. The maximum absolute atomic E-state index is 6.15. The van der Waals surface area contributed by atoms with Crippen LogP contribution in [0.15, 0.2) is 22.7 Å². The molecule has 1 saturated carbocycles. The highest BCUT2D eigenvalue weighted by molar-refractivity contribution is 9.10. The van der Waals surface area contributed by atoms with Crippen LogP contribution in [-0.4, -0.2) is 6.10 Å². The highest BCUT2D eigenvalue weighted by Gasteiger charge is 2.26. The normalized spacial score (nSPS) is 29.0. The van der Waals surface area contributed by atoms with Gasteiger partial charge in [-0.25, -0.2) is 0 Å². The molecule has 1 aromatic carbocycles. The van der Waals surface area contributed by atoms with Gasteiger partial charge >= 0.3 is 0 Å². The molecule has 3 unspecified atom stereocenters. The van der Waals surface area contributed by atoms with E-state index in [0.717, 1.165) is 40.5 Å². The van der Waals surface area contributed by atoms with Crippen LogP contribution in [0.2, 0.25) is 0 Å². The van der Waals surface area contributed by atoms with Gasteiger partial charge < -0.3 is 10.5 Å². The van der Waals surface area contributed by atoms with Gasteiger partial charge in [0.15, 0.2) is 0 Å². The van der Waals surface area contributed by atoms with Crippen molar-refractivity contribution in [2.45, 2.75) is 52.2 Å².